The number of nitrogens with two attached hydrogens (primary N) is 1. The fourth-order valence-corrected chi connectivity index (χ4v) is 10.00. The zero-order valence-electron chi connectivity index (χ0n) is 37.7. The maximum atomic E-state index is 15.6. The van der Waals surface area contributed by atoms with Crippen LogP contribution in [0.25, 0.3) is 12.2 Å². The Bertz CT molecular complexity index is 2760. The van der Waals surface area contributed by atoms with Crippen LogP contribution in [0.2, 0.25) is 0 Å². The fourth-order valence-electron chi connectivity index (χ4n) is 10.00. The number of benzene rings is 4. The zero-order chi connectivity index (χ0) is 48.6. The first-order valence-corrected chi connectivity index (χ1v) is 22.9. The SMILES string of the molecule is CC(=O)Oc1cc(CO)c2c3c1/C=C/c1cccc(c1)C[C@@H](O)CC[C@@H](N)C#CCc1c(O[C@H]4O[C@@H](C)[C@@H](O)[C@@H](O)[C@H]4O)c(Cc4cccc(C5(O)CCCCC5)c4C=O)c(O)c(c1C3=O)C2=O. The number of hydrogen-bond donors (Lipinski definition) is 8. The Labute approximate surface area is 392 Å². The lowest BCUT2D eigenvalue weighted by atomic mass is 9.74. The lowest BCUT2D eigenvalue weighted by Crippen LogP contribution is -2.58. The van der Waals surface area contributed by atoms with E-state index in [-0.39, 0.29) is 81.7 Å². The second kappa shape index (κ2) is 19.9. The normalized spacial score (nSPS) is 25.0. The smallest absolute Gasteiger partial charge is 0.308 e. The first-order valence-electron chi connectivity index (χ1n) is 22.9. The molecule has 4 aliphatic rings. The lowest BCUT2D eigenvalue weighted by Gasteiger charge is -2.39. The van der Waals surface area contributed by atoms with Crippen LogP contribution in [0.4, 0.5) is 0 Å². The molecule has 68 heavy (non-hydrogen) atoms. The largest absolute Gasteiger partial charge is 0.507 e. The molecule has 4 aromatic carbocycles. The minimum absolute atomic E-state index is 0.0156. The minimum Gasteiger partial charge on any atom is -0.507 e. The van der Waals surface area contributed by atoms with Crippen LogP contribution in [0.5, 0.6) is 17.2 Å². The molecule has 1 heterocycles. The van der Waals surface area contributed by atoms with Gasteiger partial charge in [-0.15, -0.1) is 0 Å². The standard InChI is InChI=1S/C53H55NO14/c1-27-45(59)49(63)50(64)52(66-27)68-51-36-13-8-12-33(54)16-17-34(58)22-30-10-6-9-29(21-30)15-18-35-40(67-28(2)57)24-32(25-55)41-42(35)48(62)43(36)44(47(41)61)46(60)37(51)23-31-11-7-14-39(38(31)26-56)53(65)19-4-3-5-20-53/h6-7,9-11,14-15,18,21,24,26-27,33-34,45,49-50,52,55,58-60,63-65H,3-5,13,16-17,19-20,22-23,25,54H2,1-2H3/b18-15+/t27-,33-,34-,45+,49+,50+,52+/m0/s1. The van der Waals surface area contributed by atoms with Gasteiger partial charge in [-0.3, -0.25) is 19.2 Å². The maximum absolute atomic E-state index is 15.6. The van der Waals surface area contributed by atoms with E-state index in [1.165, 1.54) is 19.1 Å². The third-order valence-electron chi connectivity index (χ3n) is 13.5. The van der Waals surface area contributed by atoms with Crippen LogP contribution >= 0.6 is 0 Å². The Morgan fingerprint density at radius 1 is 0.912 bits per heavy atom. The Balaban J connectivity index is 1.43. The van der Waals surface area contributed by atoms with E-state index >= 15 is 9.59 Å². The van der Waals surface area contributed by atoms with E-state index in [0.29, 0.717) is 30.3 Å². The number of ether oxygens (including phenoxy) is 3. The summed E-state index contributed by atoms with van der Waals surface area (Å²) in [5.74, 6) is 2.20. The van der Waals surface area contributed by atoms with Crippen molar-refractivity contribution >= 4 is 36.0 Å². The number of esters is 1. The molecule has 9 N–H and O–H groups in total. The number of rotatable bonds is 8. The number of phenols is 1. The van der Waals surface area contributed by atoms with Gasteiger partial charge in [-0.2, -0.15) is 0 Å². The summed E-state index contributed by atoms with van der Waals surface area (Å²) in [6.07, 6.45) is -1.91. The van der Waals surface area contributed by atoms with Crippen LogP contribution in [-0.2, 0) is 41.0 Å². The van der Waals surface area contributed by atoms with Crippen LogP contribution in [0.1, 0.15) is 146 Å². The summed E-state index contributed by atoms with van der Waals surface area (Å²) in [5, 5.41) is 79.3. The van der Waals surface area contributed by atoms with Gasteiger partial charge in [0.1, 0.15) is 35.6 Å². The molecule has 1 aliphatic heterocycles. The molecule has 15 nitrogen and oxygen atoms in total. The van der Waals surface area contributed by atoms with Gasteiger partial charge in [0.05, 0.1) is 36.0 Å². The van der Waals surface area contributed by atoms with Crippen molar-refractivity contribution in [3.8, 4) is 29.1 Å². The highest BCUT2D eigenvalue weighted by molar-refractivity contribution is 6.32. The van der Waals surface area contributed by atoms with Crippen molar-refractivity contribution in [1.82, 2.24) is 0 Å². The van der Waals surface area contributed by atoms with Gasteiger partial charge < -0.3 is 55.7 Å². The number of aliphatic hydroxyl groups is 6. The summed E-state index contributed by atoms with van der Waals surface area (Å²) in [4.78, 5) is 56.7. The molecule has 0 amide bonds. The lowest BCUT2D eigenvalue weighted by molar-refractivity contribution is -0.268. The van der Waals surface area contributed by atoms with E-state index in [9.17, 15) is 45.3 Å². The Morgan fingerprint density at radius 2 is 1.65 bits per heavy atom. The molecular weight excluding hydrogens is 875 g/mol. The maximum Gasteiger partial charge on any atom is 0.308 e. The van der Waals surface area contributed by atoms with E-state index < -0.39 is 95.9 Å². The topological polar surface area (TPSA) is 264 Å². The molecule has 356 valence electrons. The number of aromatic hydroxyl groups is 1. The zero-order valence-corrected chi connectivity index (χ0v) is 37.7. The molecule has 15 heteroatoms. The molecule has 8 rings (SSSR count). The van der Waals surface area contributed by atoms with Crippen molar-refractivity contribution < 1.29 is 69.1 Å². The Kier molecular flexibility index (Phi) is 14.2. The van der Waals surface area contributed by atoms with E-state index in [0.717, 1.165) is 31.7 Å². The molecule has 0 unspecified atom stereocenters. The summed E-state index contributed by atoms with van der Waals surface area (Å²) < 4.78 is 18.0. The average molecular weight is 930 g/mol. The first kappa shape index (κ1) is 48.4. The second-order valence-corrected chi connectivity index (χ2v) is 18.2. The van der Waals surface area contributed by atoms with Gasteiger partial charge in [0.25, 0.3) is 0 Å². The Morgan fingerprint density at radius 3 is 2.37 bits per heavy atom. The van der Waals surface area contributed by atoms with Gasteiger partial charge in [-0.05, 0) is 79.0 Å². The van der Waals surface area contributed by atoms with Gasteiger partial charge in [0, 0.05) is 58.7 Å². The number of aldehydes is 1. The molecule has 2 fully saturated rings. The van der Waals surface area contributed by atoms with E-state index in [4.69, 9.17) is 19.9 Å². The number of aliphatic hydroxyl groups excluding tert-OH is 5. The third kappa shape index (κ3) is 9.26. The van der Waals surface area contributed by atoms with E-state index in [1.54, 1.807) is 36.4 Å². The van der Waals surface area contributed by atoms with Crippen molar-refractivity contribution in [3.05, 3.63) is 121 Å². The number of phenolic OH excluding ortho intramolecular Hbond substituents is 1. The van der Waals surface area contributed by atoms with Crippen molar-refractivity contribution in [3.63, 3.8) is 0 Å². The number of fused-ring (bicyclic) bond motifs is 2. The highest BCUT2D eigenvalue weighted by Gasteiger charge is 2.46. The van der Waals surface area contributed by atoms with Gasteiger partial charge in [-0.25, -0.2) is 0 Å². The number of hydrogen-bond acceptors (Lipinski definition) is 15. The minimum atomic E-state index is -1.90. The highest BCUT2D eigenvalue weighted by Crippen LogP contribution is 2.49. The predicted octanol–water partition coefficient (Wildman–Crippen LogP) is 4.09. The van der Waals surface area contributed by atoms with Gasteiger partial charge >= 0.3 is 5.97 Å². The number of ketones is 2. The van der Waals surface area contributed by atoms with Crippen LogP contribution in [0.3, 0.4) is 0 Å². The van der Waals surface area contributed by atoms with Crippen molar-refractivity contribution in [1.29, 1.82) is 0 Å². The van der Waals surface area contributed by atoms with E-state index in [2.05, 4.69) is 11.8 Å². The molecule has 1 saturated heterocycles. The summed E-state index contributed by atoms with van der Waals surface area (Å²) >= 11 is 0. The fraction of sp³-hybridized carbons (Fsp3) is 0.396. The van der Waals surface area contributed by atoms with Crippen molar-refractivity contribution in [2.24, 2.45) is 5.73 Å². The van der Waals surface area contributed by atoms with Gasteiger partial charge in [0.2, 0.25) is 6.29 Å². The second-order valence-electron chi connectivity index (χ2n) is 18.2. The molecule has 3 aliphatic carbocycles. The van der Waals surface area contributed by atoms with E-state index in [1.807, 2.05) is 12.1 Å². The summed E-state index contributed by atoms with van der Waals surface area (Å²) in [6.45, 7) is 1.79. The molecule has 4 bridgehead atoms. The summed E-state index contributed by atoms with van der Waals surface area (Å²) in [7, 11) is 0. The van der Waals surface area contributed by atoms with Crippen LogP contribution in [0, 0.1) is 11.8 Å². The molecule has 0 aromatic heterocycles. The first-order chi connectivity index (χ1) is 32.5. The number of carbonyl (C=O) groups excluding carboxylic acids is 4. The Hall–Kier alpha value is -6.06. The number of carbonyl (C=O) groups is 4. The van der Waals surface area contributed by atoms with Gasteiger partial charge in [-0.1, -0.05) is 79.6 Å². The molecule has 4 aromatic rings. The average Bonchev–Trinajstić information content (AvgIpc) is 3.31. The summed E-state index contributed by atoms with van der Waals surface area (Å²) in [5.41, 5.74) is 5.53. The van der Waals surface area contributed by atoms with Gasteiger partial charge in [0.15, 0.2) is 17.9 Å². The predicted molar refractivity (Wildman–Crippen MR) is 247 cm³/mol. The van der Waals surface area contributed by atoms with Crippen LogP contribution in [-0.4, -0.2) is 102 Å². The monoisotopic (exact) mass is 929 g/mol. The molecule has 0 spiro atoms. The van der Waals surface area contributed by atoms with Crippen LogP contribution < -0.4 is 15.2 Å². The van der Waals surface area contributed by atoms with Crippen LogP contribution in [0.15, 0.2) is 48.5 Å². The quantitative estimate of drug-likeness (QED) is 0.0472. The van der Waals surface area contributed by atoms with Crippen molar-refractivity contribution in [2.75, 3.05) is 0 Å². The molecule has 7 atom stereocenters. The summed E-state index contributed by atoms with van der Waals surface area (Å²) in [6, 6.07) is 12.6. The molecular formula is C53H55NO14. The molecule has 1 saturated carbocycles. The molecule has 0 radical (unpaired) electrons. The third-order valence-corrected chi connectivity index (χ3v) is 13.5. The highest BCUT2D eigenvalue weighted by atomic mass is 16.7. The van der Waals surface area contributed by atoms with Crippen molar-refractivity contribution in [2.45, 2.75) is 133 Å².